The highest BCUT2D eigenvalue weighted by atomic mass is 16.4. The summed E-state index contributed by atoms with van der Waals surface area (Å²) in [7, 11) is 0. The molecule has 1 saturated carbocycles. The summed E-state index contributed by atoms with van der Waals surface area (Å²) in [6.07, 6.45) is 4.98. The van der Waals surface area contributed by atoms with Gasteiger partial charge in [0.25, 0.3) is 11.5 Å². The zero-order valence-electron chi connectivity index (χ0n) is 19.8. The number of anilines is 1. The number of hydrogen-bond acceptors (Lipinski definition) is 5. The Morgan fingerprint density at radius 3 is 2.44 bits per heavy atom. The first-order valence-electron chi connectivity index (χ1n) is 11.9. The monoisotopic (exact) mass is 490 g/mol. The number of nitrogens with zero attached hydrogens (tertiary/aromatic N) is 2. The second-order valence-electron chi connectivity index (χ2n) is 9.00. The van der Waals surface area contributed by atoms with E-state index in [1.807, 2.05) is 6.07 Å². The van der Waals surface area contributed by atoms with Crippen molar-refractivity contribution >= 4 is 29.0 Å². The Kier molecular flexibility index (Phi) is 7.53. The number of fused-ring (bicyclic) bond motifs is 1. The molecule has 1 atom stereocenters. The number of aliphatic imine (C=N–C) groups is 1. The maximum absolute atomic E-state index is 13.1. The first-order valence-corrected chi connectivity index (χ1v) is 11.9. The third-order valence-electron chi connectivity index (χ3n) is 6.38. The molecule has 1 unspecified atom stereocenters. The van der Waals surface area contributed by atoms with Crippen LogP contribution in [-0.4, -0.2) is 39.4 Å². The van der Waals surface area contributed by atoms with Gasteiger partial charge in [-0.25, -0.2) is 0 Å². The lowest BCUT2D eigenvalue weighted by atomic mass is 9.91. The number of hydrogen-bond donors (Lipinski definition) is 5. The molecule has 0 spiro atoms. The zero-order chi connectivity index (χ0) is 25.7. The van der Waals surface area contributed by atoms with Gasteiger partial charge >= 0.3 is 5.97 Å². The Morgan fingerprint density at radius 1 is 1.06 bits per heavy atom. The molecule has 1 fully saturated rings. The predicted octanol–water partition coefficient (Wildman–Crippen LogP) is 2.24. The van der Waals surface area contributed by atoms with Crippen LogP contribution in [0.15, 0.2) is 70.6 Å². The molecule has 1 aliphatic rings. The number of carboxylic acids is 1. The zero-order valence-corrected chi connectivity index (χ0v) is 19.8. The smallest absolute Gasteiger partial charge is 0.305 e. The van der Waals surface area contributed by atoms with E-state index in [0.717, 1.165) is 31.4 Å². The van der Waals surface area contributed by atoms with Gasteiger partial charge in [-0.1, -0.05) is 30.3 Å². The van der Waals surface area contributed by atoms with E-state index < -0.39 is 23.5 Å². The number of carbonyl (C=O) groups is 2. The van der Waals surface area contributed by atoms with Gasteiger partial charge in [0, 0.05) is 17.9 Å². The van der Waals surface area contributed by atoms with Gasteiger partial charge < -0.3 is 27.2 Å². The number of carboxylic acid groups (broad SMARTS) is 1. The summed E-state index contributed by atoms with van der Waals surface area (Å²) in [5, 5.41) is 15.5. The maximum Gasteiger partial charge on any atom is 0.305 e. The number of benzene rings is 1. The van der Waals surface area contributed by atoms with E-state index in [-0.39, 0.29) is 30.0 Å². The summed E-state index contributed by atoms with van der Waals surface area (Å²) in [5.74, 6) is -1.55. The van der Waals surface area contributed by atoms with Gasteiger partial charge in [0.15, 0.2) is 5.96 Å². The van der Waals surface area contributed by atoms with Crippen molar-refractivity contribution in [1.82, 2.24) is 9.72 Å². The molecule has 10 heteroatoms. The van der Waals surface area contributed by atoms with Crippen LogP contribution in [0.25, 0.3) is 5.52 Å². The van der Waals surface area contributed by atoms with E-state index in [1.54, 1.807) is 48.7 Å². The number of carbonyl (C=O) groups excluding carboxylic acids is 1. The molecule has 0 aliphatic heterocycles. The second kappa shape index (κ2) is 10.9. The number of amides is 1. The molecule has 0 radical (unpaired) electrons. The minimum absolute atomic E-state index is 0.0578. The third-order valence-corrected chi connectivity index (χ3v) is 6.38. The highest BCUT2D eigenvalue weighted by Crippen LogP contribution is 2.25. The second-order valence-corrected chi connectivity index (χ2v) is 9.00. The summed E-state index contributed by atoms with van der Waals surface area (Å²) < 4.78 is 1.41. The molecule has 3 aromatic rings. The summed E-state index contributed by atoms with van der Waals surface area (Å²) in [6.45, 7) is 0. The van der Waals surface area contributed by atoms with Crippen molar-refractivity contribution in [3.8, 4) is 0 Å². The molecule has 36 heavy (non-hydrogen) atoms. The number of aliphatic carboxylic acids is 1. The van der Waals surface area contributed by atoms with E-state index in [2.05, 4.69) is 15.6 Å². The predicted molar refractivity (Wildman–Crippen MR) is 138 cm³/mol. The lowest BCUT2D eigenvalue weighted by molar-refractivity contribution is -0.137. The molecule has 1 aromatic carbocycles. The van der Waals surface area contributed by atoms with Crippen molar-refractivity contribution in [2.24, 2.45) is 16.5 Å². The van der Waals surface area contributed by atoms with Crippen LogP contribution < -0.4 is 27.7 Å². The Morgan fingerprint density at radius 2 is 1.78 bits per heavy atom. The number of nitrogens with one attached hydrogen (secondary N) is 2. The Bertz CT molecular complexity index is 1330. The highest BCUT2D eigenvalue weighted by Gasteiger charge is 2.22. The molecule has 7 N–H and O–H groups in total. The lowest BCUT2D eigenvalue weighted by Gasteiger charge is -2.28. The summed E-state index contributed by atoms with van der Waals surface area (Å²) in [5.41, 5.74) is 12.6. The molecule has 10 nitrogen and oxygen atoms in total. The average molecular weight is 491 g/mol. The Hall–Kier alpha value is -4.34. The van der Waals surface area contributed by atoms with E-state index >= 15 is 0 Å². The SMILES string of the molecule is NC(N)=NC1CCC(Nc2ccn3c(=O)c(C(=O)NC(CC(=O)O)c4ccccc4)ccc3c2)CC1. The van der Waals surface area contributed by atoms with E-state index in [0.29, 0.717) is 11.1 Å². The fourth-order valence-corrected chi connectivity index (χ4v) is 4.61. The first kappa shape index (κ1) is 24.8. The van der Waals surface area contributed by atoms with Crippen LogP contribution in [0.2, 0.25) is 0 Å². The van der Waals surface area contributed by atoms with Gasteiger partial charge in [-0.15, -0.1) is 0 Å². The lowest BCUT2D eigenvalue weighted by Crippen LogP contribution is -2.34. The van der Waals surface area contributed by atoms with Crippen LogP contribution in [0.1, 0.15) is 54.1 Å². The van der Waals surface area contributed by atoms with Crippen LogP contribution in [0.3, 0.4) is 0 Å². The van der Waals surface area contributed by atoms with E-state index in [4.69, 9.17) is 11.5 Å². The number of rotatable bonds is 8. The van der Waals surface area contributed by atoms with E-state index in [9.17, 15) is 19.5 Å². The number of guanidine groups is 1. The number of aromatic nitrogens is 1. The fourth-order valence-electron chi connectivity index (χ4n) is 4.61. The summed E-state index contributed by atoms with van der Waals surface area (Å²) >= 11 is 0. The van der Waals surface area contributed by atoms with Crippen molar-refractivity contribution in [1.29, 1.82) is 0 Å². The van der Waals surface area contributed by atoms with Gasteiger partial charge in [-0.05, 0) is 55.5 Å². The molecular formula is C26H30N6O4. The van der Waals surface area contributed by atoms with Crippen LogP contribution in [0, 0.1) is 0 Å². The van der Waals surface area contributed by atoms with Crippen molar-refractivity contribution in [2.75, 3.05) is 5.32 Å². The van der Waals surface area contributed by atoms with Crippen molar-refractivity contribution < 1.29 is 14.7 Å². The van der Waals surface area contributed by atoms with Crippen LogP contribution >= 0.6 is 0 Å². The molecule has 1 amide bonds. The molecular weight excluding hydrogens is 460 g/mol. The van der Waals surface area contributed by atoms with Gasteiger partial charge in [0.2, 0.25) is 0 Å². The third kappa shape index (κ3) is 6.01. The van der Waals surface area contributed by atoms with Gasteiger partial charge in [-0.3, -0.25) is 23.8 Å². The summed E-state index contributed by atoms with van der Waals surface area (Å²) in [4.78, 5) is 41.6. The van der Waals surface area contributed by atoms with Crippen LogP contribution in [-0.2, 0) is 4.79 Å². The highest BCUT2D eigenvalue weighted by molar-refractivity contribution is 5.94. The Labute approximate surface area is 208 Å². The van der Waals surface area contributed by atoms with E-state index in [1.165, 1.54) is 10.5 Å². The standard InChI is InChI=1S/C26H30N6O4/c27-26(28)30-18-8-6-17(7-9-18)29-19-12-13-32-20(14-19)10-11-21(25(32)36)24(35)31-22(15-23(33)34)16-4-2-1-3-5-16/h1-5,10-14,17-18,22,29H,6-9,15H2,(H,31,35)(H,33,34)(H4,27,28,30). The van der Waals surface area contributed by atoms with Crippen LogP contribution in [0.4, 0.5) is 5.69 Å². The average Bonchev–Trinajstić information content (AvgIpc) is 2.85. The number of pyridine rings is 2. The molecule has 4 rings (SSSR count). The minimum atomic E-state index is -1.05. The molecule has 188 valence electrons. The maximum atomic E-state index is 13.1. The summed E-state index contributed by atoms with van der Waals surface area (Å²) in [6, 6.07) is 15.3. The fraction of sp³-hybridized carbons (Fsp3) is 0.308. The molecule has 0 bridgehead atoms. The van der Waals surface area contributed by atoms with Gasteiger partial charge in [0.1, 0.15) is 5.56 Å². The molecule has 0 saturated heterocycles. The topological polar surface area (TPSA) is 164 Å². The number of nitrogens with two attached hydrogens (primary N) is 2. The van der Waals surface area contributed by atoms with Crippen molar-refractivity contribution in [3.05, 3.63) is 82.3 Å². The van der Waals surface area contributed by atoms with Gasteiger partial charge in [0.05, 0.1) is 24.0 Å². The van der Waals surface area contributed by atoms with Crippen molar-refractivity contribution in [3.63, 3.8) is 0 Å². The largest absolute Gasteiger partial charge is 0.481 e. The molecule has 2 aromatic heterocycles. The van der Waals surface area contributed by atoms with Crippen LogP contribution in [0.5, 0.6) is 0 Å². The quantitative estimate of drug-likeness (QED) is 0.239. The Balaban J connectivity index is 1.48. The van der Waals surface area contributed by atoms with Crippen molar-refractivity contribution in [2.45, 2.75) is 50.2 Å². The normalized spacial score (nSPS) is 18.2. The first-order chi connectivity index (χ1) is 17.3. The van der Waals surface area contributed by atoms with Gasteiger partial charge in [-0.2, -0.15) is 0 Å². The minimum Gasteiger partial charge on any atom is -0.481 e. The molecule has 1 aliphatic carbocycles. The molecule has 2 heterocycles.